The number of carbonyl (C=O) groups is 2. The molecule has 0 fully saturated rings. The smallest absolute Gasteiger partial charge is 0.330 e. The van der Waals surface area contributed by atoms with Gasteiger partial charge in [-0.05, 0) is 25.0 Å². The number of furan rings is 1. The van der Waals surface area contributed by atoms with Gasteiger partial charge in [0, 0.05) is 12.4 Å². The maximum Gasteiger partial charge on any atom is 0.330 e. The molecule has 1 atom stereocenters. The first-order valence-corrected chi connectivity index (χ1v) is 9.65. The van der Waals surface area contributed by atoms with Gasteiger partial charge in [-0.3, -0.25) is 4.57 Å². The predicted octanol–water partition coefficient (Wildman–Crippen LogP) is 4.24. The molecule has 0 saturated carbocycles. The van der Waals surface area contributed by atoms with E-state index in [1.54, 1.807) is 24.6 Å². The maximum atomic E-state index is 12.9. The SMILES string of the molecule is CCCCCCCOC(=O)[C@@H](CC)N(Cc1ccco1)C(=O)n1ccnc1. The fraction of sp³-hybridized carbons (Fsp3) is 0.550. The van der Waals surface area contributed by atoms with Crippen molar-refractivity contribution in [1.29, 1.82) is 0 Å². The molecule has 2 aromatic heterocycles. The fourth-order valence-electron chi connectivity index (χ4n) is 2.89. The minimum Gasteiger partial charge on any atom is -0.467 e. The zero-order chi connectivity index (χ0) is 19.5. The molecule has 0 saturated heterocycles. The summed E-state index contributed by atoms with van der Waals surface area (Å²) in [6, 6.07) is 2.52. The van der Waals surface area contributed by atoms with Gasteiger partial charge in [0.15, 0.2) is 0 Å². The number of amides is 1. The molecular formula is C20H29N3O4. The highest BCUT2D eigenvalue weighted by Gasteiger charge is 2.31. The predicted molar refractivity (Wildman–Crippen MR) is 101 cm³/mol. The summed E-state index contributed by atoms with van der Waals surface area (Å²) in [5.41, 5.74) is 0. The largest absolute Gasteiger partial charge is 0.467 e. The molecule has 0 aliphatic heterocycles. The lowest BCUT2D eigenvalue weighted by atomic mass is 10.1. The topological polar surface area (TPSA) is 77.6 Å². The van der Waals surface area contributed by atoms with Crippen LogP contribution in [0.2, 0.25) is 0 Å². The Bertz CT molecular complexity index is 667. The molecule has 2 heterocycles. The maximum absolute atomic E-state index is 12.9. The van der Waals surface area contributed by atoms with Crippen LogP contribution in [0.25, 0.3) is 0 Å². The van der Waals surface area contributed by atoms with E-state index in [2.05, 4.69) is 11.9 Å². The van der Waals surface area contributed by atoms with Crippen molar-refractivity contribution in [3.05, 3.63) is 42.9 Å². The molecule has 0 radical (unpaired) electrons. The zero-order valence-corrected chi connectivity index (χ0v) is 16.2. The minimum absolute atomic E-state index is 0.189. The molecule has 0 bridgehead atoms. The number of rotatable bonds is 11. The summed E-state index contributed by atoms with van der Waals surface area (Å²) in [6.07, 6.45) is 11.9. The monoisotopic (exact) mass is 375 g/mol. The lowest BCUT2D eigenvalue weighted by Gasteiger charge is -2.28. The first-order chi connectivity index (χ1) is 13.2. The number of hydrogen-bond donors (Lipinski definition) is 0. The van der Waals surface area contributed by atoms with Gasteiger partial charge < -0.3 is 14.1 Å². The fourth-order valence-corrected chi connectivity index (χ4v) is 2.89. The Kier molecular flexibility index (Phi) is 8.61. The van der Waals surface area contributed by atoms with E-state index in [1.807, 2.05) is 6.92 Å². The van der Waals surface area contributed by atoms with Gasteiger partial charge in [-0.2, -0.15) is 0 Å². The second-order valence-electron chi connectivity index (χ2n) is 6.47. The Labute approximate surface area is 160 Å². The molecule has 0 spiro atoms. The van der Waals surface area contributed by atoms with Crippen LogP contribution in [0.15, 0.2) is 41.5 Å². The lowest BCUT2D eigenvalue weighted by Crippen LogP contribution is -2.46. The number of esters is 1. The van der Waals surface area contributed by atoms with Crippen LogP contribution in [0.4, 0.5) is 4.79 Å². The van der Waals surface area contributed by atoms with Gasteiger partial charge in [0.05, 0.1) is 19.4 Å². The summed E-state index contributed by atoms with van der Waals surface area (Å²) in [6.45, 7) is 4.60. The molecule has 7 heteroatoms. The van der Waals surface area contributed by atoms with Crippen molar-refractivity contribution in [1.82, 2.24) is 14.5 Å². The van der Waals surface area contributed by atoms with E-state index in [4.69, 9.17) is 9.15 Å². The van der Waals surface area contributed by atoms with Crippen LogP contribution in [0.1, 0.15) is 58.1 Å². The summed E-state index contributed by atoms with van der Waals surface area (Å²) >= 11 is 0. The normalized spacial score (nSPS) is 11.9. The number of hydrogen-bond acceptors (Lipinski definition) is 5. The van der Waals surface area contributed by atoms with Gasteiger partial charge in [-0.1, -0.05) is 39.5 Å². The average molecular weight is 375 g/mol. The van der Waals surface area contributed by atoms with Crippen molar-refractivity contribution in [3.63, 3.8) is 0 Å². The van der Waals surface area contributed by atoms with Crippen molar-refractivity contribution < 1.29 is 18.7 Å². The van der Waals surface area contributed by atoms with Crippen LogP contribution >= 0.6 is 0 Å². The standard InChI is InChI=1S/C20H29N3O4/c1-3-5-6-7-8-13-27-19(24)18(4-2)23(15-17-10-9-14-26-17)20(25)22-12-11-21-16-22/h9-12,14,16,18H,3-8,13,15H2,1-2H3/t18-/m1/s1. The van der Waals surface area contributed by atoms with Gasteiger partial charge in [-0.25, -0.2) is 14.6 Å². The summed E-state index contributed by atoms with van der Waals surface area (Å²) in [4.78, 5) is 30.9. The number of nitrogens with zero attached hydrogens (tertiary/aromatic N) is 3. The summed E-state index contributed by atoms with van der Waals surface area (Å²) in [7, 11) is 0. The van der Waals surface area contributed by atoms with E-state index in [9.17, 15) is 9.59 Å². The van der Waals surface area contributed by atoms with Crippen molar-refractivity contribution in [2.24, 2.45) is 0 Å². The zero-order valence-electron chi connectivity index (χ0n) is 16.2. The van der Waals surface area contributed by atoms with E-state index in [-0.39, 0.29) is 18.5 Å². The minimum atomic E-state index is -0.680. The summed E-state index contributed by atoms with van der Waals surface area (Å²) < 4.78 is 12.2. The van der Waals surface area contributed by atoms with Gasteiger partial charge in [-0.15, -0.1) is 0 Å². The van der Waals surface area contributed by atoms with E-state index in [1.165, 1.54) is 34.8 Å². The molecule has 0 aromatic carbocycles. The van der Waals surface area contributed by atoms with Crippen molar-refractivity contribution in [2.75, 3.05) is 6.61 Å². The van der Waals surface area contributed by atoms with Crippen LogP contribution in [-0.2, 0) is 16.1 Å². The molecule has 1 amide bonds. The van der Waals surface area contributed by atoms with Crippen molar-refractivity contribution >= 4 is 12.0 Å². The van der Waals surface area contributed by atoms with Gasteiger partial charge in [0.2, 0.25) is 0 Å². The number of unbranched alkanes of at least 4 members (excludes halogenated alkanes) is 4. The highest BCUT2D eigenvalue weighted by Crippen LogP contribution is 2.15. The summed E-state index contributed by atoms with van der Waals surface area (Å²) in [5, 5.41) is 0. The van der Waals surface area contributed by atoms with E-state index < -0.39 is 6.04 Å². The lowest BCUT2D eigenvalue weighted by molar-refractivity contribution is -0.149. The first kappa shape index (κ1) is 20.7. The van der Waals surface area contributed by atoms with E-state index >= 15 is 0 Å². The van der Waals surface area contributed by atoms with Gasteiger partial charge in [0.25, 0.3) is 0 Å². The molecule has 7 nitrogen and oxygen atoms in total. The van der Waals surface area contributed by atoms with Crippen molar-refractivity contribution in [2.45, 2.75) is 65.0 Å². The second kappa shape index (κ2) is 11.2. The highest BCUT2D eigenvalue weighted by molar-refractivity contribution is 5.84. The van der Waals surface area contributed by atoms with Crippen LogP contribution in [0, 0.1) is 0 Å². The Hall–Kier alpha value is -2.57. The molecule has 0 unspecified atom stereocenters. The number of aromatic nitrogens is 2. The van der Waals surface area contributed by atoms with Crippen LogP contribution in [0.3, 0.4) is 0 Å². The third kappa shape index (κ3) is 6.27. The number of carbonyl (C=O) groups excluding carboxylic acids is 2. The third-order valence-corrected chi connectivity index (χ3v) is 4.40. The van der Waals surface area contributed by atoms with Gasteiger partial charge in [0.1, 0.15) is 18.1 Å². The van der Waals surface area contributed by atoms with Crippen molar-refractivity contribution in [3.8, 4) is 0 Å². The van der Waals surface area contributed by atoms with Gasteiger partial charge >= 0.3 is 12.0 Å². The Morgan fingerprint density at radius 1 is 1.26 bits per heavy atom. The van der Waals surface area contributed by atoms with Crippen LogP contribution < -0.4 is 0 Å². The van der Waals surface area contributed by atoms with E-state index in [0.717, 1.165) is 19.3 Å². The Morgan fingerprint density at radius 3 is 2.70 bits per heavy atom. The average Bonchev–Trinajstić information content (AvgIpc) is 3.37. The van der Waals surface area contributed by atoms with Crippen LogP contribution in [0.5, 0.6) is 0 Å². The summed E-state index contributed by atoms with van der Waals surface area (Å²) in [5.74, 6) is 0.224. The molecule has 0 N–H and O–H groups in total. The molecule has 2 rings (SSSR count). The first-order valence-electron chi connectivity index (χ1n) is 9.65. The second-order valence-corrected chi connectivity index (χ2v) is 6.47. The number of ether oxygens (including phenoxy) is 1. The Morgan fingerprint density at radius 2 is 2.07 bits per heavy atom. The molecule has 0 aliphatic rings. The van der Waals surface area contributed by atoms with Crippen LogP contribution in [-0.4, -0.2) is 39.1 Å². The molecule has 0 aliphatic carbocycles. The van der Waals surface area contributed by atoms with E-state index in [0.29, 0.717) is 18.8 Å². The molecule has 148 valence electrons. The quantitative estimate of drug-likeness (QED) is 0.434. The third-order valence-electron chi connectivity index (χ3n) is 4.40. The molecule has 27 heavy (non-hydrogen) atoms. The Balaban J connectivity index is 2.01. The highest BCUT2D eigenvalue weighted by atomic mass is 16.5. The molecule has 2 aromatic rings. The number of imidazole rings is 1. The molecular weight excluding hydrogens is 346 g/mol.